The number of hydrogen-bond donors (Lipinski definition) is 11. The van der Waals surface area contributed by atoms with Crippen LogP contribution in [-0.4, -0.2) is 193 Å². The standard InChI is InChI=1S/C37H51N9O8.C30H43N9O8.C11H16/c1-25(2)19-31(44-37(51)32(43-26(3)47)20-27-9-11-30(12-10-27)54-23-28-7-5-4-6-8-28)36(50)45-33(35(49)40-14-17-52-18-15-42-46-38)21-34(48)53-16-13-29-22-39-24-41-29;1-19(2)14-24(37-30(45)25(36-20(3)40)15-21-4-6-23(41)7-5-21)29(44)38-26(28(43)33-9-12-46-13-10-35-39-31)16-27(42)47-11-8-22-17-32-18-34-22;1-7-6-8(2)10(4)11(5)9(7)3/h5,7-12,22,24-25,31-33H,4,6,13-21,23H2,1-3H3,(H,39,41)(H,40,49)(H,43,47)(H,44,51)(H,45,50);4-7,17-19,24-26,41H,8-16H2,1-3H3,(H,32,34)(H,33,43)(H,36,40)(H,37,45)(H,38,44);6H,1-5H3/t31-,32+,33+;24-,25+,26+;/m11./s1. The molecule has 0 unspecified atom stereocenters. The van der Waals surface area contributed by atoms with E-state index in [-0.39, 0.29) is 109 Å². The van der Waals surface area contributed by atoms with Gasteiger partial charge in [-0.25, -0.2) is 9.97 Å². The van der Waals surface area contributed by atoms with Gasteiger partial charge < -0.3 is 81.3 Å². The first-order chi connectivity index (χ1) is 53.5. The van der Waals surface area contributed by atoms with Crippen LogP contribution < -0.4 is 47.3 Å². The van der Waals surface area contributed by atoms with Crippen molar-refractivity contribution in [2.24, 2.45) is 22.1 Å². The third-order valence-corrected chi connectivity index (χ3v) is 17.3. The highest BCUT2D eigenvalue weighted by Gasteiger charge is 2.34. The van der Waals surface area contributed by atoms with Gasteiger partial charge in [-0.3, -0.25) is 47.9 Å². The Balaban J connectivity index is 0.000000417. The SMILES string of the molecule is CC(=O)N[C@@H](Cc1ccc(O)cc1)C(=O)N[C@H](CC(C)C)C(=O)N[C@@H](CC(=O)OCCc1cnc[nH]1)C(=O)NCCOCCN=[N+]=[N-].CC(=O)N[C@@H](Cc1ccc(OCC2=CCCC=C2)cc1)C(=O)N[C@H](CC(C)C)C(=O)N[C@@H](CC(=O)OCCc1cnc[nH]1)C(=O)NCCOCCN=[N+]=[N-].Cc1cc(C)c(C)c(C)c1C. The maximum atomic E-state index is 13.7. The number of H-pyrrole nitrogens is 2. The van der Waals surface area contributed by atoms with E-state index in [1.807, 2.05) is 45.9 Å². The molecule has 0 saturated carbocycles. The molecule has 3 aromatic carbocycles. The first kappa shape index (κ1) is 92.8. The lowest BCUT2D eigenvalue weighted by Crippen LogP contribution is -2.57. The normalized spacial score (nSPS) is 12.9. The number of rotatable bonds is 45. The van der Waals surface area contributed by atoms with E-state index in [1.165, 1.54) is 66.5 Å². The Morgan fingerprint density at radius 3 is 1.33 bits per heavy atom. The molecule has 2 heterocycles. The lowest BCUT2D eigenvalue weighted by molar-refractivity contribution is -0.147. The number of phenols is 1. The summed E-state index contributed by atoms with van der Waals surface area (Å²) in [6, 6.07) is 8.63. The molecule has 6 rings (SSSR count). The van der Waals surface area contributed by atoms with Crippen molar-refractivity contribution in [3.63, 3.8) is 0 Å². The van der Waals surface area contributed by atoms with Gasteiger partial charge in [0.25, 0.3) is 0 Å². The molecule has 0 fully saturated rings. The van der Waals surface area contributed by atoms with E-state index >= 15 is 0 Å². The lowest BCUT2D eigenvalue weighted by atomic mass is 9.96. The van der Waals surface area contributed by atoms with Crippen molar-refractivity contribution in [1.82, 2.24) is 62.5 Å². The number of imidazole rings is 2. The Morgan fingerprint density at radius 1 is 0.527 bits per heavy atom. The Hall–Kier alpha value is -11.6. The van der Waals surface area contributed by atoms with Crippen molar-refractivity contribution >= 4 is 59.2 Å². The molecule has 34 nitrogen and oxygen atoms in total. The van der Waals surface area contributed by atoms with Crippen molar-refractivity contribution in [3.05, 3.63) is 175 Å². The number of amides is 8. The molecular weight excluding hydrogens is 1440 g/mol. The number of carbonyl (C=O) groups is 10. The first-order valence-electron chi connectivity index (χ1n) is 37.2. The van der Waals surface area contributed by atoms with Gasteiger partial charge in [0.1, 0.15) is 54.4 Å². The number of allylic oxidation sites excluding steroid dienone is 2. The number of aromatic hydroxyl groups is 1. The highest BCUT2D eigenvalue weighted by Crippen LogP contribution is 2.21. The van der Waals surface area contributed by atoms with E-state index in [4.69, 9.17) is 34.7 Å². The Bertz CT molecular complexity index is 3940. The minimum atomic E-state index is -1.35. The molecule has 0 aliphatic heterocycles. The quantitative estimate of drug-likeness (QED) is 0.00629. The van der Waals surface area contributed by atoms with Crippen molar-refractivity contribution in [1.29, 1.82) is 0 Å². The summed E-state index contributed by atoms with van der Waals surface area (Å²) in [6.45, 7) is 22.2. The smallest absolute Gasteiger partial charge is 0.308 e. The van der Waals surface area contributed by atoms with Gasteiger partial charge in [0.2, 0.25) is 47.3 Å². The fourth-order valence-corrected chi connectivity index (χ4v) is 11.1. The number of phenolic OH excluding ortho intramolecular Hbond substituents is 1. The lowest BCUT2D eigenvalue weighted by Gasteiger charge is -2.26. The molecule has 112 heavy (non-hydrogen) atoms. The molecule has 5 aromatic rings. The van der Waals surface area contributed by atoms with Crippen LogP contribution in [0.4, 0.5) is 0 Å². The monoisotopic (exact) mass is 1550 g/mol. The summed E-state index contributed by atoms with van der Waals surface area (Å²) >= 11 is 0. The molecule has 0 bridgehead atoms. The summed E-state index contributed by atoms with van der Waals surface area (Å²) in [5, 5.41) is 37.4. The molecule has 0 radical (unpaired) electrons. The topological polar surface area (TPSA) is 488 Å². The maximum absolute atomic E-state index is 13.7. The van der Waals surface area contributed by atoms with Crippen LogP contribution in [0.5, 0.6) is 11.5 Å². The average Bonchev–Trinajstić information content (AvgIpc) is 0.873. The van der Waals surface area contributed by atoms with E-state index in [9.17, 15) is 53.1 Å². The minimum Gasteiger partial charge on any atom is -0.508 e. The highest BCUT2D eigenvalue weighted by atomic mass is 16.5. The predicted octanol–water partition coefficient (Wildman–Crippen LogP) is 6.77. The number of nitrogens with zero attached hydrogens (tertiary/aromatic N) is 8. The number of ether oxygens (including phenoxy) is 5. The van der Waals surface area contributed by atoms with Crippen LogP contribution in [0.25, 0.3) is 20.9 Å². The van der Waals surface area contributed by atoms with Gasteiger partial charge in [0, 0.05) is 99.3 Å². The molecule has 6 atom stereocenters. The number of esters is 2. The first-order valence-corrected chi connectivity index (χ1v) is 37.2. The molecule has 8 amide bonds. The molecule has 0 saturated heterocycles. The predicted molar refractivity (Wildman–Crippen MR) is 417 cm³/mol. The zero-order valence-corrected chi connectivity index (χ0v) is 65.9. The molecule has 1 aliphatic rings. The van der Waals surface area contributed by atoms with E-state index in [1.54, 1.807) is 36.7 Å². The number of azide groups is 2. The van der Waals surface area contributed by atoms with Crippen molar-refractivity contribution in [2.75, 3.05) is 72.4 Å². The largest absolute Gasteiger partial charge is 0.508 e. The fraction of sp³-hybridized carbons (Fsp3) is 0.513. The third-order valence-electron chi connectivity index (χ3n) is 17.3. The molecule has 1 aliphatic carbocycles. The van der Waals surface area contributed by atoms with Crippen molar-refractivity contribution < 1.29 is 76.7 Å². The van der Waals surface area contributed by atoms with Gasteiger partial charge in [-0.2, -0.15) is 0 Å². The van der Waals surface area contributed by atoms with Crippen LogP contribution in [0.3, 0.4) is 0 Å². The summed E-state index contributed by atoms with van der Waals surface area (Å²) in [5.74, 6) is -5.77. The summed E-state index contributed by atoms with van der Waals surface area (Å²) in [4.78, 5) is 149. The van der Waals surface area contributed by atoms with Crippen molar-refractivity contribution in [3.8, 4) is 11.5 Å². The zero-order valence-electron chi connectivity index (χ0n) is 65.9. The second-order valence-corrected chi connectivity index (χ2v) is 27.4. The van der Waals surface area contributed by atoms with Crippen LogP contribution in [0, 0.1) is 46.5 Å². The van der Waals surface area contributed by atoms with Gasteiger partial charge in [0.15, 0.2) is 0 Å². The number of carbonyl (C=O) groups excluding carboxylic acids is 10. The number of hydrogen-bond acceptors (Lipinski definition) is 20. The average molecular weight is 1560 g/mol. The van der Waals surface area contributed by atoms with E-state index < -0.39 is 108 Å². The van der Waals surface area contributed by atoms with Crippen LogP contribution >= 0.6 is 0 Å². The van der Waals surface area contributed by atoms with Crippen molar-refractivity contribution in [2.45, 2.75) is 177 Å². The van der Waals surface area contributed by atoms with Gasteiger partial charge in [-0.05, 0) is 152 Å². The summed E-state index contributed by atoms with van der Waals surface area (Å²) in [7, 11) is 0. The Kier molecular flexibility index (Phi) is 42.9. The molecule has 608 valence electrons. The van der Waals surface area contributed by atoms with Crippen LogP contribution in [0.15, 0.2) is 114 Å². The molecule has 11 N–H and O–H groups in total. The van der Waals surface area contributed by atoms with Gasteiger partial charge in [0.05, 0.1) is 65.1 Å². The summed E-state index contributed by atoms with van der Waals surface area (Å²) < 4.78 is 27.1. The summed E-state index contributed by atoms with van der Waals surface area (Å²) in [6.07, 6.45) is 14.8. The van der Waals surface area contributed by atoms with E-state index in [0.717, 1.165) is 35.4 Å². The molecular formula is C78H110N18O16. The van der Waals surface area contributed by atoms with Crippen LogP contribution in [-0.2, 0) is 92.6 Å². The minimum absolute atomic E-state index is 0.0138. The van der Waals surface area contributed by atoms with E-state index in [2.05, 4.69) is 135 Å². The maximum Gasteiger partial charge on any atom is 0.308 e. The van der Waals surface area contributed by atoms with Crippen LogP contribution in [0.1, 0.15) is 130 Å². The second kappa shape index (κ2) is 51.7. The number of benzene rings is 3. The van der Waals surface area contributed by atoms with Crippen LogP contribution in [0.2, 0.25) is 0 Å². The van der Waals surface area contributed by atoms with Gasteiger partial charge in [-0.1, -0.05) is 86.5 Å². The van der Waals surface area contributed by atoms with Gasteiger partial charge in [-0.15, -0.1) is 0 Å². The summed E-state index contributed by atoms with van der Waals surface area (Å²) in [5.41, 5.74) is 27.9. The Labute approximate surface area is 652 Å². The van der Waals surface area contributed by atoms with E-state index in [0.29, 0.717) is 30.8 Å². The number of aromatic nitrogens is 4. The number of nitrogens with one attached hydrogen (secondary N) is 10. The second-order valence-electron chi connectivity index (χ2n) is 27.4. The van der Waals surface area contributed by atoms with Gasteiger partial charge >= 0.3 is 11.9 Å². The molecule has 2 aromatic heterocycles. The molecule has 0 spiro atoms. The third kappa shape index (κ3) is 37.7. The highest BCUT2D eigenvalue weighted by molar-refractivity contribution is 5.97. The molecule has 34 heteroatoms. The fourth-order valence-electron chi connectivity index (χ4n) is 11.1. The number of aromatic amines is 2. The Morgan fingerprint density at radius 2 is 0.946 bits per heavy atom. The number of aryl methyl sites for hydroxylation is 2. The zero-order chi connectivity index (χ0) is 82.3.